The highest BCUT2D eigenvalue weighted by molar-refractivity contribution is 7.89. The molecule has 10 nitrogen and oxygen atoms in total. The van der Waals surface area contributed by atoms with Crippen LogP contribution in [0, 0.1) is 10.1 Å². The van der Waals surface area contributed by atoms with Crippen LogP contribution in [0.3, 0.4) is 0 Å². The molecule has 0 bridgehead atoms. The number of hydrogen-bond acceptors (Lipinski definition) is 7. The lowest BCUT2D eigenvalue weighted by Gasteiger charge is -2.23. The van der Waals surface area contributed by atoms with E-state index in [1.807, 2.05) is 0 Å². The lowest BCUT2D eigenvalue weighted by atomic mass is 10.1. The summed E-state index contributed by atoms with van der Waals surface area (Å²) in [6.07, 6.45) is 0. The van der Waals surface area contributed by atoms with Crippen molar-refractivity contribution in [2.45, 2.75) is 11.4 Å². The molecule has 2 rings (SSSR count). The van der Waals surface area contributed by atoms with Gasteiger partial charge in [0.2, 0.25) is 10.0 Å². The Morgan fingerprint density at radius 1 is 1.29 bits per heavy atom. The minimum absolute atomic E-state index is 0.0401. The molecule has 0 spiro atoms. The standard InChI is InChI=1S/C17H19N3O7S/c1-27-15-5-3-2-4-13(15)11-19(8-9-21)17(22)12-6-7-16(28(18,25)26)14(10-12)20(23)24/h2-7,10,21H,8-9,11H2,1H3,(H2,18,25,26). The van der Waals surface area contributed by atoms with Crippen molar-refractivity contribution in [3.8, 4) is 5.75 Å². The van der Waals surface area contributed by atoms with E-state index in [0.717, 1.165) is 18.2 Å². The van der Waals surface area contributed by atoms with Crippen LogP contribution in [0.25, 0.3) is 0 Å². The highest BCUT2D eigenvalue weighted by Crippen LogP contribution is 2.26. The fourth-order valence-corrected chi connectivity index (χ4v) is 3.31. The number of aliphatic hydroxyl groups excluding tert-OH is 1. The first-order valence-electron chi connectivity index (χ1n) is 8.02. The Hall–Kier alpha value is -3.02. The van der Waals surface area contributed by atoms with Crippen LogP contribution in [0.5, 0.6) is 5.75 Å². The van der Waals surface area contributed by atoms with Crippen molar-refractivity contribution in [3.05, 3.63) is 63.7 Å². The van der Waals surface area contributed by atoms with Crippen molar-refractivity contribution in [1.29, 1.82) is 0 Å². The van der Waals surface area contributed by atoms with E-state index in [1.165, 1.54) is 12.0 Å². The van der Waals surface area contributed by atoms with Crippen molar-refractivity contribution >= 4 is 21.6 Å². The Bertz CT molecular complexity index is 992. The second-order valence-corrected chi connectivity index (χ2v) is 7.28. The summed E-state index contributed by atoms with van der Waals surface area (Å²) in [5, 5.41) is 25.5. The van der Waals surface area contributed by atoms with Gasteiger partial charge in [-0.3, -0.25) is 14.9 Å². The minimum atomic E-state index is -4.33. The number of methoxy groups -OCH3 is 1. The number of para-hydroxylation sites is 1. The first kappa shape index (κ1) is 21.3. The van der Waals surface area contributed by atoms with E-state index in [0.29, 0.717) is 11.3 Å². The molecule has 0 radical (unpaired) electrons. The van der Waals surface area contributed by atoms with Crippen LogP contribution < -0.4 is 9.88 Å². The van der Waals surface area contributed by atoms with Gasteiger partial charge < -0.3 is 14.7 Å². The fourth-order valence-electron chi connectivity index (χ4n) is 2.63. The Balaban J connectivity index is 2.42. The lowest BCUT2D eigenvalue weighted by Crippen LogP contribution is -2.33. The van der Waals surface area contributed by atoms with E-state index in [2.05, 4.69) is 0 Å². The SMILES string of the molecule is COc1ccccc1CN(CCO)C(=O)c1ccc(S(N)(=O)=O)c([N+](=O)[O-])c1. The normalized spacial score (nSPS) is 11.1. The average Bonchev–Trinajstić information content (AvgIpc) is 2.66. The summed E-state index contributed by atoms with van der Waals surface area (Å²) in [4.78, 5) is 23.7. The Morgan fingerprint density at radius 2 is 1.96 bits per heavy atom. The molecule has 3 N–H and O–H groups in total. The predicted molar refractivity (Wildman–Crippen MR) is 99.3 cm³/mol. The van der Waals surface area contributed by atoms with Crippen LogP contribution in [0.1, 0.15) is 15.9 Å². The first-order chi connectivity index (χ1) is 13.2. The zero-order valence-electron chi connectivity index (χ0n) is 14.9. The second-order valence-electron chi connectivity index (χ2n) is 5.75. The molecule has 0 fully saturated rings. The van der Waals surface area contributed by atoms with Crippen molar-refractivity contribution < 1.29 is 28.0 Å². The van der Waals surface area contributed by atoms with Crippen LogP contribution in [0.2, 0.25) is 0 Å². The number of nitro groups is 1. The molecule has 0 saturated carbocycles. The number of nitro benzene ring substituents is 1. The van der Waals surface area contributed by atoms with E-state index in [1.54, 1.807) is 24.3 Å². The molecule has 0 aliphatic heterocycles. The second kappa shape index (κ2) is 8.78. The topological polar surface area (TPSA) is 153 Å². The number of primary sulfonamides is 1. The summed E-state index contributed by atoms with van der Waals surface area (Å²) in [5.41, 5.74) is -0.237. The number of amides is 1. The van der Waals surface area contributed by atoms with Crippen LogP contribution in [0.4, 0.5) is 5.69 Å². The van der Waals surface area contributed by atoms with Crippen LogP contribution in [0.15, 0.2) is 47.4 Å². The summed E-state index contributed by atoms with van der Waals surface area (Å²) < 4.78 is 28.3. The van der Waals surface area contributed by atoms with Gasteiger partial charge in [0, 0.05) is 30.3 Å². The van der Waals surface area contributed by atoms with Gasteiger partial charge in [-0.05, 0) is 18.2 Å². The summed E-state index contributed by atoms with van der Waals surface area (Å²) >= 11 is 0. The molecule has 2 aromatic rings. The van der Waals surface area contributed by atoms with E-state index in [9.17, 15) is 28.4 Å². The summed E-state index contributed by atoms with van der Waals surface area (Å²) in [7, 11) is -2.85. The van der Waals surface area contributed by atoms with Gasteiger partial charge >= 0.3 is 0 Å². The van der Waals surface area contributed by atoms with Gasteiger partial charge in [0.1, 0.15) is 5.75 Å². The highest BCUT2D eigenvalue weighted by Gasteiger charge is 2.26. The molecule has 1 amide bonds. The molecule has 11 heteroatoms. The van der Waals surface area contributed by atoms with Crippen molar-refractivity contribution in [2.24, 2.45) is 5.14 Å². The molecular weight excluding hydrogens is 390 g/mol. The summed E-state index contributed by atoms with van der Waals surface area (Å²) in [5.74, 6) is -0.0854. The maximum atomic E-state index is 12.8. The number of benzene rings is 2. The van der Waals surface area contributed by atoms with Crippen LogP contribution >= 0.6 is 0 Å². The molecule has 0 aliphatic rings. The number of sulfonamides is 1. The number of hydrogen-bond donors (Lipinski definition) is 2. The van der Waals surface area contributed by atoms with Gasteiger partial charge in [0.25, 0.3) is 11.6 Å². The number of nitrogens with two attached hydrogens (primary N) is 1. The molecule has 150 valence electrons. The fraction of sp³-hybridized carbons (Fsp3) is 0.235. The van der Waals surface area contributed by atoms with Crippen LogP contribution in [-0.2, 0) is 16.6 Å². The van der Waals surface area contributed by atoms with Crippen molar-refractivity contribution in [1.82, 2.24) is 4.90 Å². The van der Waals surface area contributed by atoms with Gasteiger partial charge in [-0.15, -0.1) is 0 Å². The largest absolute Gasteiger partial charge is 0.496 e. The molecule has 0 unspecified atom stereocenters. The van der Waals surface area contributed by atoms with E-state index in [4.69, 9.17) is 9.88 Å². The highest BCUT2D eigenvalue weighted by atomic mass is 32.2. The predicted octanol–water partition coefficient (Wildman–Crippen LogP) is 0.886. The molecule has 0 saturated heterocycles. The maximum absolute atomic E-state index is 12.8. The third kappa shape index (κ3) is 4.82. The van der Waals surface area contributed by atoms with E-state index < -0.39 is 31.4 Å². The number of rotatable bonds is 8. The minimum Gasteiger partial charge on any atom is -0.496 e. The zero-order valence-corrected chi connectivity index (χ0v) is 15.8. The van der Waals surface area contributed by atoms with E-state index >= 15 is 0 Å². The Kier molecular flexibility index (Phi) is 6.67. The number of aliphatic hydroxyl groups is 1. The molecular formula is C17H19N3O7S. The molecule has 0 aromatic heterocycles. The number of carbonyl (C=O) groups is 1. The molecule has 28 heavy (non-hydrogen) atoms. The Morgan fingerprint density at radius 3 is 2.54 bits per heavy atom. The zero-order chi connectivity index (χ0) is 20.9. The molecule has 0 heterocycles. The van der Waals surface area contributed by atoms with Gasteiger partial charge in [-0.25, -0.2) is 13.6 Å². The monoisotopic (exact) mass is 409 g/mol. The van der Waals surface area contributed by atoms with Gasteiger partial charge in [-0.2, -0.15) is 0 Å². The third-order valence-corrected chi connectivity index (χ3v) is 4.88. The summed E-state index contributed by atoms with van der Waals surface area (Å²) in [6.45, 7) is -0.298. The number of carbonyl (C=O) groups excluding carboxylic acids is 1. The van der Waals surface area contributed by atoms with Crippen LogP contribution in [-0.4, -0.2) is 49.5 Å². The number of ether oxygens (including phenoxy) is 1. The maximum Gasteiger partial charge on any atom is 0.290 e. The lowest BCUT2D eigenvalue weighted by molar-refractivity contribution is -0.387. The van der Waals surface area contributed by atoms with E-state index in [-0.39, 0.29) is 25.3 Å². The van der Waals surface area contributed by atoms with Gasteiger partial charge in [-0.1, -0.05) is 18.2 Å². The van der Waals surface area contributed by atoms with Crippen molar-refractivity contribution in [3.63, 3.8) is 0 Å². The summed E-state index contributed by atoms with van der Waals surface area (Å²) in [6, 6.07) is 9.88. The van der Waals surface area contributed by atoms with Crippen molar-refractivity contribution in [2.75, 3.05) is 20.3 Å². The van der Waals surface area contributed by atoms with Gasteiger partial charge in [0.15, 0.2) is 4.90 Å². The Labute approximate surface area is 161 Å². The first-order valence-corrected chi connectivity index (χ1v) is 9.57. The third-order valence-electron chi connectivity index (χ3n) is 3.92. The number of nitrogens with zero attached hydrogens (tertiary/aromatic N) is 2. The van der Waals surface area contributed by atoms with Gasteiger partial charge in [0.05, 0.1) is 18.6 Å². The smallest absolute Gasteiger partial charge is 0.290 e. The molecule has 2 aromatic carbocycles. The average molecular weight is 409 g/mol. The molecule has 0 atom stereocenters. The molecule has 0 aliphatic carbocycles. The quantitative estimate of drug-likeness (QED) is 0.485.